The maximum Gasteiger partial charge on any atom is 0.244 e. The van der Waals surface area contributed by atoms with Gasteiger partial charge in [0.2, 0.25) is 21.8 Å². The van der Waals surface area contributed by atoms with Crippen LogP contribution in [0.4, 0.5) is 5.69 Å². The van der Waals surface area contributed by atoms with Crippen LogP contribution in [0.2, 0.25) is 0 Å². The molecular weight excluding hydrogens is 606 g/mol. The summed E-state index contributed by atoms with van der Waals surface area (Å²) in [7, 11) is -2.29. The first-order chi connectivity index (χ1) is 19.2. The van der Waals surface area contributed by atoms with E-state index in [4.69, 9.17) is 4.74 Å². The van der Waals surface area contributed by atoms with Crippen molar-refractivity contribution in [1.82, 2.24) is 10.2 Å². The lowest BCUT2D eigenvalue weighted by atomic mass is 10.0. The number of methoxy groups -OCH3 is 1. The zero-order valence-corrected chi connectivity index (χ0v) is 26.8. The summed E-state index contributed by atoms with van der Waals surface area (Å²) < 4.78 is 33.2. The molecule has 3 rings (SSSR count). The fourth-order valence-electron chi connectivity index (χ4n) is 4.37. The molecule has 0 bridgehead atoms. The fourth-order valence-corrected chi connectivity index (χ4v) is 5.46. The van der Waals surface area contributed by atoms with Gasteiger partial charge in [0.1, 0.15) is 18.3 Å². The highest BCUT2D eigenvalue weighted by atomic mass is 79.9. The molecule has 3 aromatic rings. The molecule has 1 atom stereocenters. The first-order valence-corrected chi connectivity index (χ1v) is 15.8. The number of nitrogens with one attached hydrogen (secondary N) is 1. The minimum atomic E-state index is -3.84. The van der Waals surface area contributed by atoms with Crippen molar-refractivity contribution in [2.45, 2.75) is 52.2 Å². The Morgan fingerprint density at radius 1 is 0.976 bits per heavy atom. The highest BCUT2D eigenvalue weighted by Gasteiger charge is 2.34. The molecule has 2 amide bonds. The summed E-state index contributed by atoms with van der Waals surface area (Å²) in [5.41, 5.74) is 2.24. The van der Waals surface area contributed by atoms with Crippen LogP contribution in [0.1, 0.15) is 37.5 Å². The molecule has 220 valence electrons. The Bertz CT molecular complexity index is 1470. The van der Waals surface area contributed by atoms with Crippen LogP contribution in [-0.2, 0) is 32.6 Å². The summed E-state index contributed by atoms with van der Waals surface area (Å²) in [5.74, 6) is -0.233. The maximum absolute atomic E-state index is 14.2. The molecule has 0 radical (unpaired) electrons. The van der Waals surface area contributed by atoms with Gasteiger partial charge in [-0.1, -0.05) is 58.4 Å². The zero-order chi connectivity index (χ0) is 30.4. The summed E-state index contributed by atoms with van der Waals surface area (Å²) in [6.07, 6.45) is 1.31. The number of hydrogen-bond donors (Lipinski definition) is 1. The van der Waals surface area contributed by atoms with Crippen LogP contribution in [0.15, 0.2) is 77.3 Å². The molecule has 10 heteroatoms. The standard InChI is InChI=1S/C31H38BrN3O5S/c1-22-17-25(15-16-27(22)32)35(41(6,38)39)21-29(36)34(20-24-13-10-14-26(18-24)40-5)28(30(37)33-31(2,3)4)19-23-11-8-7-9-12-23/h7-18,28H,19-21H2,1-6H3,(H,33,37)/t28-/m1/s1. The van der Waals surface area contributed by atoms with Crippen LogP contribution in [0, 0.1) is 6.92 Å². The fraction of sp³-hybridized carbons (Fsp3) is 0.355. The number of anilines is 1. The summed E-state index contributed by atoms with van der Waals surface area (Å²) in [6.45, 7) is 7.07. The quantitative estimate of drug-likeness (QED) is 0.314. The van der Waals surface area contributed by atoms with E-state index in [9.17, 15) is 18.0 Å². The molecule has 3 aromatic carbocycles. The normalized spacial score (nSPS) is 12.4. The number of halogens is 1. The molecule has 0 aliphatic heterocycles. The molecule has 8 nitrogen and oxygen atoms in total. The lowest BCUT2D eigenvalue weighted by molar-refractivity contribution is -0.140. The van der Waals surface area contributed by atoms with Crippen molar-refractivity contribution in [3.05, 3.63) is 94.0 Å². The monoisotopic (exact) mass is 643 g/mol. The van der Waals surface area contributed by atoms with Gasteiger partial charge >= 0.3 is 0 Å². The Kier molecular flexibility index (Phi) is 10.6. The topological polar surface area (TPSA) is 96.0 Å². The van der Waals surface area contributed by atoms with Crippen molar-refractivity contribution in [3.63, 3.8) is 0 Å². The lowest BCUT2D eigenvalue weighted by Gasteiger charge is -2.35. The average Bonchev–Trinajstić information content (AvgIpc) is 2.90. The summed E-state index contributed by atoms with van der Waals surface area (Å²) in [4.78, 5) is 29.4. The number of ether oxygens (including phenoxy) is 1. The van der Waals surface area contributed by atoms with Gasteiger partial charge in [-0.25, -0.2) is 8.42 Å². The second-order valence-corrected chi connectivity index (χ2v) is 13.8. The van der Waals surface area contributed by atoms with Crippen molar-refractivity contribution in [1.29, 1.82) is 0 Å². The SMILES string of the molecule is COc1cccc(CN(C(=O)CN(c2ccc(Br)c(C)c2)S(C)(=O)=O)[C@H](Cc2ccccc2)C(=O)NC(C)(C)C)c1. The van der Waals surface area contributed by atoms with E-state index in [1.165, 1.54) is 4.90 Å². The van der Waals surface area contributed by atoms with Crippen molar-refractivity contribution >= 4 is 43.5 Å². The van der Waals surface area contributed by atoms with Gasteiger partial charge in [0.25, 0.3) is 0 Å². The van der Waals surface area contributed by atoms with Crippen LogP contribution >= 0.6 is 15.9 Å². The predicted molar refractivity (Wildman–Crippen MR) is 166 cm³/mol. The molecule has 0 saturated heterocycles. The van der Waals surface area contributed by atoms with Gasteiger partial charge in [0, 0.05) is 23.0 Å². The Balaban J connectivity index is 2.10. The lowest BCUT2D eigenvalue weighted by Crippen LogP contribution is -2.56. The molecule has 0 aliphatic carbocycles. The summed E-state index contributed by atoms with van der Waals surface area (Å²) in [6, 6.07) is 20.9. The maximum atomic E-state index is 14.2. The second kappa shape index (κ2) is 13.5. The van der Waals surface area contributed by atoms with E-state index in [0.29, 0.717) is 11.4 Å². The number of carbonyl (C=O) groups is 2. The van der Waals surface area contributed by atoms with Crippen LogP contribution < -0.4 is 14.4 Å². The van der Waals surface area contributed by atoms with Gasteiger partial charge in [0.15, 0.2) is 0 Å². The molecule has 0 saturated carbocycles. The Morgan fingerprint density at radius 3 is 2.22 bits per heavy atom. The molecule has 0 heterocycles. The number of carbonyl (C=O) groups excluding carboxylic acids is 2. The van der Waals surface area contributed by atoms with Crippen LogP contribution in [0.25, 0.3) is 0 Å². The number of rotatable bonds is 11. The predicted octanol–water partition coefficient (Wildman–Crippen LogP) is 5.09. The first kappa shape index (κ1) is 32.1. The molecule has 41 heavy (non-hydrogen) atoms. The Morgan fingerprint density at radius 2 is 1.63 bits per heavy atom. The average molecular weight is 645 g/mol. The van der Waals surface area contributed by atoms with Gasteiger partial charge in [-0.3, -0.25) is 13.9 Å². The molecule has 0 unspecified atom stereocenters. The third-order valence-corrected chi connectivity index (χ3v) is 8.40. The van der Waals surface area contributed by atoms with Crippen molar-refractivity contribution in [3.8, 4) is 5.75 Å². The minimum Gasteiger partial charge on any atom is -0.497 e. The van der Waals surface area contributed by atoms with Gasteiger partial charge in [0.05, 0.1) is 19.1 Å². The molecule has 0 aliphatic rings. The van der Waals surface area contributed by atoms with E-state index in [2.05, 4.69) is 21.2 Å². The second-order valence-electron chi connectivity index (χ2n) is 11.0. The van der Waals surface area contributed by atoms with Gasteiger partial charge < -0.3 is 15.0 Å². The van der Waals surface area contributed by atoms with Gasteiger partial charge in [-0.15, -0.1) is 0 Å². The van der Waals surface area contributed by atoms with Crippen molar-refractivity contribution in [2.75, 3.05) is 24.2 Å². The van der Waals surface area contributed by atoms with Gasteiger partial charge in [-0.05, 0) is 74.7 Å². The van der Waals surface area contributed by atoms with Crippen molar-refractivity contribution < 1.29 is 22.7 Å². The number of nitrogens with zero attached hydrogens (tertiary/aromatic N) is 2. The zero-order valence-electron chi connectivity index (χ0n) is 24.3. The van der Waals surface area contributed by atoms with Gasteiger partial charge in [-0.2, -0.15) is 0 Å². The molecule has 0 fully saturated rings. The number of amides is 2. The van der Waals surface area contributed by atoms with Crippen LogP contribution in [-0.4, -0.2) is 56.6 Å². The largest absolute Gasteiger partial charge is 0.497 e. The molecule has 0 aromatic heterocycles. The number of benzene rings is 3. The van der Waals surface area contributed by atoms with Crippen LogP contribution in [0.3, 0.4) is 0 Å². The first-order valence-electron chi connectivity index (χ1n) is 13.2. The van der Waals surface area contributed by atoms with E-state index in [1.54, 1.807) is 37.4 Å². The van der Waals surface area contributed by atoms with Crippen molar-refractivity contribution in [2.24, 2.45) is 0 Å². The smallest absolute Gasteiger partial charge is 0.244 e. The number of hydrogen-bond acceptors (Lipinski definition) is 5. The third kappa shape index (κ3) is 9.33. The summed E-state index contributed by atoms with van der Waals surface area (Å²) in [5, 5.41) is 3.02. The van der Waals surface area contributed by atoms with E-state index >= 15 is 0 Å². The number of sulfonamides is 1. The third-order valence-electron chi connectivity index (χ3n) is 6.37. The Labute approximate surface area is 251 Å². The van der Waals surface area contributed by atoms with E-state index < -0.39 is 34.1 Å². The molecule has 0 spiro atoms. The summed E-state index contributed by atoms with van der Waals surface area (Å²) >= 11 is 3.44. The Hall–Kier alpha value is -3.37. The highest BCUT2D eigenvalue weighted by molar-refractivity contribution is 9.10. The number of aryl methyl sites for hydroxylation is 1. The van der Waals surface area contributed by atoms with E-state index in [0.717, 1.165) is 31.7 Å². The van der Waals surface area contributed by atoms with Crippen LogP contribution in [0.5, 0.6) is 5.75 Å². The highest BCUT2D eigenvalue weighted by Crippen LogP contribution is 2.26. The van der Waals surface area contributed by atoms with E-state index in [-0.39, 0.29) is 18.9 Å². The molecule has 1 N–H and O–H groups in total. The minimum absolute atomic E-state index is 0.0715. The van der Waals surface area contributed by atoms with E-state index in [1.807, 2.05) is 70.2 Å². The molecular formula is C31H38BrN3O5S.